The number of hydrogen-bond acceptors (Lipinski definition) is 4. The summed E-state index contributed by atoms with van der Waals surface area (Å²) in [5.41, 5.74) is 2.89. The van der Waals surface area contributed by atoms with Crippen molar-refractivity contribution in [2.75, 3.05) is 13.1 Å². The van der Waals surface area contributed by atoms with Gasteiger partial charge in [-0.05, 0) is 31.0 Å². The van der Waals surface area contributed by atoms with Gasteiger partial charge in [0, 0.05) is 29.5 Å². The van der Waals surface area contributed by atoms with Crippen molar-refractivity contribution in [1.29, 1.82) is 5.26 Å². The molecule has 0 radical (unpaired) electrons. The number of ether oxygens (including phenoxy) is 1. The van der Waals surface area contributed by atoms with Gasteiger partial charge in [-0.3, -0.25) is 4.90 Å². The molecule has 1 saturated heterocycles. The van der Waals surface area contributed by atoms with E-state index in [1.54, 1.807) is 0 Å². The van der Waals surface area contributed by atoms with E-state index in [4.69, 9.17) is 4.74 Å². The Labute approximate surface area is 141 Å². The second-order valence-electron chi connectivity index (χ2n) is 7.37. The molecule has 4 nitrogen and oxygen atoms in total. The second kappa shape index (κ2) is 4.72. The van der Waals surface area contributed by atoms with Crippen LogP contribution in [0.5, 0.6) is 5.75 Å². The first-order valence-corrected chi connectivity index (χ1v) is 8.65. The van der Waals surface area contributed by atoms with Crippen LogP contribution in [0.1, 0.15) is 23.1 Å². The Morgan fingerprint density at radius 3 is 3.12 bits per heavy atom. The van der Waals surface area contributed by atoms with E-state index in [1.165, 1.54) is 11.1 Å². The third-order valence-electron chi connectivity index (χ3n) is 6.49. The standard InChI is InChI=1S/C20H20N2O2/c1-2-8-22-9-7-20-14-5-6-16(23)19(20)24-18-13(11-21)4-3-12(17(18)20)10-15(14)22/h2-6,14-16,19,23H,1,7-10H2/t14?,15-,16?,19?,20+/m0/s1. The minimum absolute atomic E-state index is 0.188. The highest BCUT2D eigenvalue weighted by atomic mass is 16.5. The number of hydrogen-bond donors (Lipinski definition) is 1. The summed E-state index contributed by atoms with van der Waals surface area (Å²) in [4.78, 5) is 2.50. The van der Waals surface area contributed by atoms with Gasteiger partial charge in [0.25, 0.3) is 0 Å². The summed E-state index contributed by atoms with van der Waals surface area (Å²) in [6.45, 7) is 5.77. The van der Waals surface area contributed by atoms with E-state index in [9.17, 15) is 10.4 Å². The molecule has 2 heterocycles. The van der Waals surface area contributed by atoms with Crippen molar-refractivity contribution in [2.24, 2.45) is 5.92 Å². The van der Waals surface area contributed by atoms with Gasteiger partial charge >= 0.3 is 0 Å². The normalized spacial score (nSPS) is 38.2. The van der Waals surface area contributed by atoms with Crippen molar-refractivity contribution in [3.05, 3.63) is 53.6 Å². The summed E-state index contributed by atoms with van der Waals surface area (Å²) in [6.07, 6.45) is 7.08. The maximum Gasteiger partial charge on any atom is 0.141 e. The summed E-state index contributed by atoms with van der Waals surface area (Å²) in [5.74, 6) is 1.05. The molecule has 1 aromatic carbocycles. The number of benzene rings is 1. The average molecular weight is 320 g/mol. The van der Waals surface area contributed by atoms with Gasteiger partial charge in [0.05, 0.1) is 5.56 Å². The van der Waals surface area contributed by atoms with E-state index in [2.05, 4.69) is 29.7 Å². The first kappa shape index (κ1) is 14.3. The Kier molecular flexibility index (Phi) is 2.81. The monoisotopic (exact) mass is 320 g/mol. The van der Waals surface area contributed by atoms with Gasteiger partial charge in [-0.1, -0.05) is 24.3 Å². The number of nitrogens with zero attached hydrogens (tertiary/aromatic N) is 2. The summed E-state index contributed by atoms with van der Waals surface area (Å²) in [5, 5.41) is 20.1. The van der Waals surface area contributed by atoms with Gasteiger partial charge in [0.1, 0.15) is 24.0 Å². The van der Waals surface area contributed by atoms with Crippen LogP contribution in [0.3, 0.4) is 0 Å². The zero-order chi connectivity index (χ0) is 16.5. The maximum atomic E-state index is 10.6. The minimum Gasteiger partial charge on any atom is -0.485 e. The number of piperidine rings is 1. The van der Waals surface area contributed by atoms with Crippen LogP contribution in [0.15, 0.2) is 36.9 Å². The molecule has 0 aromatic heterocycles. The highest BCUT2D eigenvalue weighted by molar-refractivity contribution is 5.62. The predicted molar refractivity (Wildman–Crippen MR) is 89.8 cm³/mol. The second-order valence-corrected chi connectivity index (χ2v) is 7.37. The molecular weight excluding hydrogens is 300 g/mol. The molecule has 4 heteroatoms. The largest absolute Gasteiger partial charge is 0.485 e. The molecule has 5 atom stereocenters. The number of rotatable bonds is 2. The van der Waals surface area contributed by atoms with Crippen LogP contribution in [-0.4, -0.2) is 41.3 Å². The van der Waals surface area contributed by atoms with Gasteiger partial charge in [0.15, 0.2) is 0 Å². The SMILES string of the molecule is C=CCN1CC[C@@]23c4c5ccc(C#N)c4OC2C(O)C=CC3[C@@H]1C5. The molecule has 2 bridgehead atoms. The van der Waals surface area contributed by atoms with Gasteiger partial charge in [-0.15, -0.1) is 6.58 Å². The van der Waals surface area contributed by atoms with E-state index in [-0.39, 0.29) is 11.5 Å². The van der Waals surface area contributed by atoms with Gasteiger partial charge in [0.2, 0.25) is 0 Å². The fourth-order valence-corrected chi connectivity index (χ4v) is 5.63. The van der Waals surface area contributed by atoms with Crippen LogP contribution in [0.25, 0.3) is 0 Å². The first-order chi connectivity index (χ1) is 11.7. The molecule has 122 valence electrons. The highest BCUT2D eigenvalue weighted by Crippen LogP contribution is 2.61. The molecule has 24 heavy (non-hydrogen) atoms. The Morgan fingerprint density at radius 2 is 2.33 bits per heavy atom. The number of likely N-dealkylation sites (tertiary alicyclic amines) is 1. The molecular formula is C20H20N2O2. The van der Waals surface area contributed by atoms with E-state index in [1.807, 2.05) is 18.2 Å². The molecule has 0 amide bonds. The van der Waals surface area contributed by atoms with Crippen LogP contribution in [0.4, 0.5) is 0 Å². The number of aliphatic hydroxyl groups is 1. The Bertz CT molecular complexity index is 809. The van der Waals surface area contributed by atoms with E-state index >= 15 is 0 Å². The van der Waals surface area contributed by atoms with Gasteiger partial charge in [-0.2, -0.15) is 5.26 Å². The molecule has 1 fully saturated rings. The first-order valence-electron chi connectivity index (χ1n) is 8.65. The Hall–Kier alpha value is -2.09. The lowest BCUT2D eigenvalue weighted by molar-refractivity contribution is -0.0486. The number of aliphatic hydroxyl groups excluding tert-OH is 1. The highest BCUT2D eigenvalue weighted by Gasteiger charge is 2.64. The summed E-state index contributed by atoms with van der Waals surface area (Å²) < 4.78 is 6.25. The van der Waals surface area contributed by atoms with Crippen LogP contribution in [-0.2, 0) is 11.8 Å². The van der Waals surface area contributed by atoms with Gasteiger partial charge in [-0.25, -0.2) is 0 Å². The summed E-state index contributed by atoms with van der Waals surface area (Å²) >= 11 is 0. The van der Waals surface area contributed by atoms with Crippen molar-refractivity contribution in [3.63, 3.8) is 0 Å². The smallest absolute Gasteiger partial charge is 0.141 e. The van der Waals surface area contributed by atoms with Crippen LogP contribution < -0.4 is 4.74 Å². The lowest BCUT2D eigenvalue weighted by Gasteiger charge is -2.57. The lowest BCUT2D eigenvalue weighted by atomic mass is 9.53. The third kappa shape index (κ3) is 1.50. The van der Waals surface area contributed by atoms with Crippen molar-refractivity contribution < 1.29 is 9.84 Å². The van der Waals surface area contributed by atoms with E-state index in [0.717, 1.165) is 31.7 Å². The zero-order valence-electron chi connectivity index (χ0n) is 13.5. The Balaban J connectivity index is 1.77. The van der Waals surface area contributed by atoms with Crippen LogP contribution in [0, 0.1) is 17.2 Å². The van der Waals surface area contributed by atoms with Crippen molar-refractivity contribution in [1.82, 2.24) is 4.90 Å². The molecule has 3 unspecified atom stereocenters. The summed E-state index contributed by atoms with van der Waals surface area (Å²) in [7, 11) is 0. The van der Waals surface area contributed by atoms with Crippen LogP contribution >= 0.6 is 0 Å². The number of nitriles is 1. The van der Waals surface area contributed by atoms with Crippen LogP contribution in [0.2, 0.25) is 0 Å². The Morgan fingerprint density at radius 1 is 1.46 bits per heavy atom. The van der Waals surface area contributed by atoms with Crippen molar-refractivity contribution in [3.8, 4) is 11.8 Å². The maximum absolute atomic E-state index is 10.6. The molecule has 1 spiro atoms. The fourth-order valence-electron chi connectivity index (χ4n) is 5.63. The topological polar surface area (TPSA) is 56.5 Å². The molecule has 4 aliphatic rings. The van der Waals surface area contributed by atoms with Crippen molar-refractivity contribution >= 4 is 0 Å². The third-order valence-corrected chi connectivity index (χ3v) is 6.49. The predicted octanol–water partition coefficient (Wildman–Crippen LogP) is 1.92. The fraction of sp³-hybridized carbons (Fsp3) is 0.450. The molecule has 2 aliphatic carbocycles. The van der Waals surface area contributed by atoms with E-state index < -0.39 is 6.10 Å². The minimum atomic E-state index is -0.613. The summed E-state index contributed by atoms with van der Waals surface area (Å²) in [6, 6.07) is 6.63. The average Bonchev–Trinajstić information content (AvgIpc) is 2.94. The molecule has 1 aromatic rings. The zero-order valence-corrected chi connectivity index (χ0v) is 13.5. The van der Waals surface area contributed by atoms with Crippen molar-refractivity contribution in [2.45, 2.75) is 36.5 Å². The quantitative estimate of drug-likeness (QED) is 0.846. The van der Waals surface area contributed by atoms with Gasteiger partial charge < -0.3 is 9.84 Å². The molecule has 2 aliphatic heterocycles. The lowest BCUT2D eigenvalue weighted by Crippen LogP contribution is -2.65. The molecule has 0 saturated carbocycles. The van der Waals surface area contributed by atoms with E-state index in [0.29, 0.717) is 17.5 Å². The molecule has 1 N–H and O–H groups in total. The molecule has 5 rings (SSSR count).